The van der Waals surface area contributed by atoms with Crippen LogP contribution in [-0.2, 0) is 6.54 Å². The van der Waals surface area contributed by atoms with E-state index in [9.17, 15) is 0 Å². The zero-order chi connectivity index (χ0) is 13.1. The van der Waals surface area contributed by atoms with Gasteiger partial charge in [0.25, 0.3) is 0 Å². The van der Waals surface area contributed by atoms with Crippen molar-refractivity contribution in [3.63, 3.8) is 0 Å². The Hall–Kier alpha value is -2.14. The van der Waals surface area contributed by atoms with Crippen molar-refractivity contribution in [2.45, 2.75) is 6.54 Å². The van der Waals surface area contributed by atoms with Gasteiger partial charge in [0.05, 0.1) is 6.33 Å². The number of aromatic nitrogens is 4. The van der Waals surface area contributed by atoms with Crippen LogP contribution >= 0.6 is 11.6 Å². The minimum absolute atomic E-state index is 0.427. The van der Waals surface area contributed by atoms with Gasteiger partial charge in [-0.3, -0.25) is 0 Å². The summed E-state index contributed by atoms with van der Waals surface area (Å²) in [6, 6.07) is 7.81. The Morgan fingerprint density at radius 1 is 1.16 bits per heavy atom. The van der Waals surface area contributed by atoms with Crippen LogP contribution in [0.2, 0.25) is 5.15 Å². The third kappa shape index (κ3) is 2.51. The van der Waals surface area contributed by atoms with E-state index in [4.69, 9.17) is 11.6 Å². The van der Waals surface area contributed by atoms with Crippen LogP contribution in [0.15, 0.2) is 43.0 Å². The second-order valence-corrected chi connectivity index (χ2v) is 4.47. The second kappa shape index (κ2) is 5.24. The average Bonchev–Trinajstić information content (AvgIpc) is 2.95. The van der Waals surface area contributed by atoms with E-state index in [-0.39, 0.29) is 0 Å². The number of hydrogen-bond acceptors (Lipinski definition) is 4. The van der Waals surface area contributed by atoms with Crippen LogP contribution in [0.25, 0.3) is 10.8 Å². The number of anilines is 1. The molecule has 3 rings (SSSR count). The molecule has 0 aliphatic rings. The lowest BCUT2D eigenvalue weighted by atomic mass is 10.2. The van der Waals surface area contributed by atoms with Crippen molar-refractivity contribution < 1.29 is 0 Å². The predicted molar refractivity (Wildman–Crippen MR) is 75.3 cm³/mol. The molecule has 96 valence electrons. The average molecular weight is 274 g/mol. The highest BCUT2D eigenvalue weighted by molar-refractivity contribution is 6.34. The molecule has 2 heterocycles. The molecule has 0 aliphatic heterocycles. The second-order valence-electron chi connectivity index (χ2n) is 4.11. The molecule has 19 heavy (non-hydrogen) atoms. The third-order valence-electron chi connectivity index (χ3n) is 2.86. The zero-order valence-corrected chi connectivity index (χ0v) is 10.9. The van der Waals surface area contributed by atoms with Crippen LogP contribution in [-0.4, -0.2) is 26.3 Å². The van der Waals surface area contributed by atoms with Crippen molar-refractivity contribution in [2.75, 3.05) is 11.9 Å². The lowest BCUT2D eigenvalue weighted by Gasteiger charge is -2.08. The fourth-order valence-corrected chi connectivity index (χ4v) is 2.13. The highest BCUT2D eigenvalue weighted by atomic mass is 35.5. The molecule has 0 spiro atoms. The molecule has 0 radical (unpaired) electrons. The number of imidazole rings is 1. The summed E-state index contributed by atoms with van der Waals surface area (Å²) in [4.78, 5) is 4.00. The van der Waals surface area contributed by atoms with E-state index in [1.807, 2.05) is 35.0 Å². The van der Waals surface area contributed by atoms with Crippen LogP contribution in [0.5, 0.6) is 0 Å². The van der Waals surface area contributed by atoms with Crippen LogP contribution in [0.4, 0.5) is 5.82 Å². The molecular weight excluding hydrogens is 262 g/mol. The number of nitrogens with zero attached hydrogens (tertiary/aromatic N) is 4. The normalized spacial score (nSPS) is 10.8. The molecule has 1 N–H and O–H groups in total. The molecule has 0 bridgehead atoms. The highest BCUT2D eigenvalue weighted by Gasteiger charge is 2.06. The first-order valence-corrected chi connectivity index (χ1v) is 6.33. The quantitative estimate of drug-likeness (QED) is 0.794. The van der Waals surface area contributed by atoms with Gasteiger partial charge in [-0.25, -0.2) is 4.98 Å². The summed E-state index contributed by atoms with van der Waals surface area (Å²) < 4.78 is 2.00. The number of benzene rings is 1. The summed E-state index contributed by atoms with van der Waals surface area (Å²) in [6.45, 7) is 1.56. The molecule has 0 aliphatic carbocycles. The van der Waals surface area contributed by atoms with Gasteiger partial charge in [-0.15, -0.1) is 10.2 Å². The maximum Gasteiger partial charge on any atom is 0.159 e. The van der Waals surface area contributed by atoms with Crippen molar-refractivity contribution in [1.29, 1.82) is 0 Å². The monoisotopic (exact) mass is 273 g/mol. The summed E-state index contributed by atoms with van der Waals surface area (Å²) in [5.41, 5.74) is 0. The van der Waals surface area contributed by atoms with E-state index in [1.165, 1.54) is 0 Å². The summed E-state index contributed by atoms with van der Waals surface area (Å²) in [5, 5.41) is 13.6. The van der Waals surface area contributed by atoms with Gasteiger partial charge in [-0.1, -0.05) is 35.9 Å². The Morgan fingerprint density at radius 2 is 2.00 bits per heavy atom. The van der Waals surface area contributed by atoms with Crippen molar-refractivity contribution in [2.24, 2.45) is 0 Å². The zero-order valence-electron chi connectivity index (χ0n) is 10.1. The van der Waals surface area contributed by atoms with E-state index in [2.05, 4.69) is 20.5 Å². The van der Waals surface area contributed by atoms with Gasteiger partial charge in [0, 0.05) is 36.3 Å². The molecule has 1 aromatic carbocycles. The summed E-state index contributed by atoms with van der Waals surface area (Å²) in [7, 11) is 0. The van der Waals surface area contributed by atoms with Crippen LogP contribution in [0.1, 0.15) is 0 Å². The molecule has 3 aromatic rings. The van der Waals surface area contributed by atoms with E-state index >= 15 is 0 Å². The predicted octanol–water partition coefficient (Wildman–Crippen LogP) is 2.59. The fourth-order valence-electron chi connectivity index (χ4n) is 1.92. The van der Waals surface area contributed by atoms with Gasteiger partial charge in [0.15, 0.2) is 11.0 Å². The van der Waals surface area contributed by atoms with Crippen molar-refractivity contribution in [3.8, 4) is 0 Å². The first kappa shape index (κ1) is 11.9. The van der Waals surface area contributed by atoms with E-state index in [1.54, 1.807) is 12.5 Å². The molecule has 0 saturated carbocycles. The fraction of sp³-hybridized carbons (Fsp3) is 0.154. The van der Waals surface area contributed by atoms with Crippen molar-refractivity contribution in [1.82, 2.24) is 19.7 Å². The number of nitrogens with one attached hydrogen (secondary N) is 1. The van der Waals surface area contributed by atoms with Gasteiger partial charge in [-0.2, -0.15) is 0 Å². The molecular formula is C13H12ClN5. The maximum absolute atomic E-state index is 6.03. The van der Waals surface area contributed by atoms with Gasteiger partial charge in [0.1, 0.15) is 0 Å². The largest absolute Gasteiger partial charge is 0.366 e. The number of rotatable bonds is 4. The summed E-state index contributed by atoms with van der Waals surface area (Å²) in [6.07, 6.45) is 5.47. The molecule has 5 nitrogen and oxygen atoms in total. The SMILES string of the molecule is Clc1nnc(NCCn2ccnc2)c2ccccc12. The van der Waals surface area contributed by atoms with Gasteiger partial charge >= 0.3 is 0 Å². The van der Waals surface area contributed by atoms with Gasteiger partial charge in [-0.05, 0) is 0 Å². The highest BCUT2D eigenvalue weighted by Crippen LogP contribution is 2.25. The summed E-state index contributed by atoms with van der Waals surface area (Å²) >= 11 is 6.03. The maximum atomic E-state index is 6.03. The lowest BCUT2D eigenvalue weighted by Crippen LogP contribution is -2.11. The lowest BCUT2D eigenvalue weighted by molar-refractivity contribution is 0.724. The molecule has 0 atom stereocenters. The van der Waals surface area contributed by atoms with Crippen LogP contribution < -0.4 is 5.32 Å². The van der Waals surface area contributed by atoms with Gasteiger partial charge in [0.2, 0.25) is 0 Å². The summed E-state index contributed by atoms with van der Waals surface area (Å²) in [5.74, 6) is 0.750. The molecule has 6 heteroatoms. The Balaban J connectivity index is 1.79. The number of fused-ring (bicyclic) bond motifs is 1. The Labute approximate surface area is 115 Å². The number of hydrogen-bond donors (Lipinski definition) is 1. The minimum Gasteiger partial charge on any atom is -0.366 e. The molecule has 0 saturated heterocycles. The van der Waals surface area contributed by atoms with Crippen LogP contribution in [0.3, 0.4) is 0 Å². The van der Waals surface area contributed by atoms with E-state index < -0.39 is 0 Å². The molecule has 2 aromatic heterocycles. The van der Waals surface area contributed by atoms with Crippen LogP contribution in [0, 0.1) is 0 Å². The molecule has 0 fully saturated rings. The van der Waals surface area contributed by atoms with E-state index in [0.29, 0.717) is 5.15 Å². The smallest absolute Gasteiger partial charge is 0.159 e. The first-order chi connectivity index (χ1) is 9.34. The Kier molecular flexibility index (Phi) is 3.29. The molecule has 0 unspecified atom stereocenters. The molecule has 0 amide bonds. The number of halogens is 1. The minimum atomic E-state index is 0.427. The standard InChI is InChI=1S/C13H12ClN5/c14-12-10-3-1-2-4-11(10)13(18-17-12)16-6-8-19-7-5-15-9-19/h1-5,7,9H,6,8H2,(H,16,18). The van der Waals surface area contributed by atoms with Crippen molar-refractivity contribution >= 4 is 28.2 Å². The van der Waals surface area contributed by atoms with E-state index in [0.717, 1.165) is 29.7 Å². The Bertz CT molecular complexity index is 681. The van der Waals surface area contributed by atoms with Gasteiger partial charge < -0.3 is 9.88 Å². The Morgan fingerprint density at radius 3 is 2.79 bits per heavy atom. The topological polar surface area (TPSA) is 55.6 Å². The van der Waals surface area contributed by atoms with Crippen molar-refractivity contribution in [3.05, 3.63) is 48.1 Å². The first-order valence-electron chi connectivity index (χ1n) is 5.95. The third-order valence-corrected chi connectivity index (χ3v) is 3.14.